The third kappa shape index (κ3) is 4.28. The molecule has 0 radical (unpaired) electrons. The van der Waals surface area contributed by atoms with E-state index in [0.29, 0.717) is 17.2 Å². The highest BCUT2D eigenvalue weighted by molar-refractivity contribution is 9.10. The number of anilines is 2. The summed E-state index contributed by atoms with van der Waals surface area (Å²) in [6.45, 7) is 2.58. The third-order valence-electron chi connectivity index (χ3n) is 7.49. The van der Waals surface area contributed by atoms with Crippen LogP contribution in [0.1, 0.15) is 38.5 Å². The van der Waals surface area contributed by atoms with E-state index in [-0.39, 0.29) is 25.9 Å². The molecule has 3 aliphatic rings. The Balaban J connectivity index is 1.25. The van der Waals surface area contributed by atoms with Crippen molar-refractivity contribution in [3.05, 3.63) is 41.1 Å². The van der Waals surface area contributed by atoms with E-state index in [2.05, 4.69) is 53.2 Å². The lowest BCUT2D eigenvalue weighted by Gasteiger charge is -2.35. The van der Waals surface area contributed by atoms with Gasteiger partial charge in [0.05, 0.1) is 6.20 Å². The smallest absolute Gasteiger partial charge is 0.251 e. The van der Waals surface area contributed by atoms with E-state index in [4.69, 9.17) is 0 Å². The van der Waals surface area contributed by atoms with Crippen molar-refractivity contribution in [2.24, 2.45) is 5.41 Å². The molecule has 178 valence electrons. The molecule has 1 spiro atoms. The number of hydrogen-bond acceptors (Lipinski definition) is 6. The van der Waals surface area contributed by atoms with Gasteiger partial charge in [-0.25, -0.2) is 18.4 Å². The minimum atomic E-state index is -2.61. The number of alkyl halides is 2. The van der Waals surface area contributed by atoms with Crippen LogP contribution < -0.4 is 9.80 Å². The number of piperidine rings is 2. The lowest BCUT2D eigenvalue weighted by molar-refractivity contribution is -0.0222. The molecule has 10 heteroatoms. The van der Waals surface area contributed by atoms with Gasteiger partial charge < -0.3 is 9.80 Å². The highest BCUT2D eigenvalue weighted by Gasteiger charge is 2.44. The minimum absolute atomic E-state index is 0.183. The fourth-order valence-electron chi connectivity index (χ4n) is 5.03. The van der Waals surface area contributed by atoms with E-state index in [9.17, 15) is 8.78 Å². The Morgan fingerprint density at radius 3 is 2.35 bits per heavy atom. The highest BCUT2D eigenvalue weighted by atomic mass is 79.9. The summed E-state index contributed by atoms with van der Waals surface area (Å²) in [5.74, 6) is -1.60. The zero-order valence-corrected chi connectivity index (χ0v) is 20.4. The number of nitrogens with zero attached hydrogens (tertiary/aromatic N) is 7. The van der Waals surface area contributed by atoms with Gasteiger partial charge >= 0.3 is 0 Å². The van der Waals surface area contributed by atoms with Gasteiger partial charge in [-0.2, -0.15) is 4.98 Å². The van der Waals surface area contributed by atoms with Crippen LogP contribution in [-0.4, -0.2) is 57.1 Å². The maximum Gasteiger partial charge on any atom is 0.251 e. The van der Waals surface area contributed by atoms with E-state index >= 15 is 0 Å². The average Bonchev–Trinajstić information content (AvgIpc) is 3.40. The second-order valence-electron chi connectivity index (χ2n) is 9.75. The van der Waals surface area contributed by atoms with Gasteiger partial charge in [0, 0.05) is 67.0 Å². The first-order valence-corrected chi connectivity index (χ1v) is 12.6. The number of rotatable bonds is 4. The molecule has 34 heavy (non-hydrogen) atoms. The number of aromatic nitrogens is 5. The van der Waals surface area contributed by atoms with Gasteiger partial charge in [0.1, 0.15) is 5.69 Å². The first kappa shape index (κ1) is 21.9. The molecular formula is C24H26BrF2N7. The number of hydrogen-bond donors (Lipinski definition) is 0. The van der Waals surface area contributed by atoms with Crippen LogP contribution in [0, 0.1) is 5.41 Å². The summed E-state index contributed by atoms with van der Waals surface area (Å²) in [6.07, 6.45) is 8.39. The Labute approximate surface area is 205 Å². The van der Waals surface area contributed by atoms with Crippen LogP contribution in [0.2, 0.25) is 0 Å². The fourth-order valence-corrected chi connectivity index (χ4v) is 5.38. The predicted octanol–water partition coefficient (Wildman–Crippen LogP) is 5.10. The van der Waals surface area contributed by atoms with Crippen LogP contribution >= 0.6 is 15.9 Å². The molecule has 6 rings (SSSR count). The van der Waals surface area contributed by atoms with Gasteiger partial charge in [0.15, 0.2) is 5.82 Å². The Hall–Kier alpha value is -2.62. The molecule has 0 atom stereocenters. The molecule has 1 aliphatic carbocycles. The second kappa shape index (κ2) is 8.25. The SMILES string of the molecule is FC1(F)CCN(c2nccc(-n3cc(-c4ccc(Br)cc4N4CCC5(CC4)CC5)nn3)n2)CC1. The summed E-state index contributed by atoms with van der Waals surface area (Å²) in [5.41, 5.74) is 3.58. The van der Waals surface area contributed by atoms with Crippen molar-refractivity contribution in [2.45, 2.75) is 44.4 Å². The lowest BCUT2D eigenvalue weighted by atomic mass is 9.93. The molecule has 7 nitrogen and oxygen atoms in total. The molecular weight excluding hydrogens is 504 g/mol. The van der Waals surface area contributed by atoms with Gasteiger partial charge in [-0.05, 0) is 49.3 Å². The van der Waals surface area contributed by atoms with Gasteiger partial charge in [-0.15, -0.1) is 5.10 Å². The second-order valence-corrected chi connectivity index (χ2v) is 10.7. The lowest BCUT2D eigenvalue weighted by Crippen LogP contribution is -2.40. The number of halogens is 3. The minimum Gasteiger partial charge on any atom is -0.371 e. The van der Waals surface area contributed by atoms with Gasteiger partial charge in [-0.3, -0.25) is 0 Å². The Morgan fingerprint density at radius 1 is 0.882 bits per heavy atom. The van der Waals surface area contributed by atoms with Crippen molar-refractivity contribution >= 4 is 27.6 Å². The van der Waals surface area contributed by atoms with Gasteiger partial charge in [0.2, 0.25) is 5.95 Å². The summed E-state index contributed by atoms with van der Waals surface area (Å²) < 4.78 is 29.7. The Kier molecular flexibility index (Phi) is 5.31. The standard InChI is InChI=1S/C24H26BrF2N7/c25-17-1-2-18(20(15-17)32-11-6-23(4-5-23)7-12-32)19-16-34(31-30-19)21-3-10-28-22(29-21)33-13-8-24(26,27)9-14-33/h1-3,10,15-16H,4-9,11-14H2. The molecule has 2 aromatic heterocycles. The van der Waals surface area contributed by atoms with Crippen LogP contribution in [0.4, 0.5) is 20.4 Å². The molecule has 2 saturated heterocycles. The fraction of sp³-hybridized carbons (Fsp3) is 0.500. The third-order valence-corrected chi connectivity index (χ3v) is 7.98. The van der Waals surface area contributed by atoms with Gasteiger partial charge in [-0.1, -0.05) is 21.1 Å². The molecule has 0 unspecified atom stereocenters. The monoisotopic (exact) mass is 529 g/mol. The molecule has 1 saturated carbocycles. The zero-order chi connectivity index (χ0) is 23.3. The normalized spacial score (nSPS) is 21.1. The van der Waals surface area contributed by atoms with E-state index in [1.165, 1.54) is 25.7 Å². The summed E-state index contributed by atoms with van der Waals surface area (Å²) in [5, 5.41) is 8.77. The predicted molar refractivity (Wildman–Crippen MR) is 130 cm³/mol. The maximum atomic E-state index is 13.5. The molecule has 0 N–H and O–H groups in total. The molecule has 3 aromatic rings. The number of benzene rings is 1. The average molecular weight is 530 g/mol. The molecule has 4 heterocycles. The van der Waals surface area contributed by atoms with Crippen LogP contribution in [-0.2, 0) is 0 Å². The first-order valence-electron chi connectivity index (χ1n) is 11.8. The van der Waals surface area contributed by atoms with Crippen molar-refractivity contribution in [3.63, 3.8) is 0 Å². The molecule has 1 aromatic carbocycles. The summed E-state index contributed by atoms with van der Waals surface area (Å²) in [4.78, 5) is 13.1. The van der Waals surface area contributed by atoms with E-state index in [1.807, 2.05) is 12.3 Å². The van der Waals surface area contributed by atoms with E-state index < -0.39 is 5.92 Å². The molecule has 3 fully saturated rings. The zero-order valence-electron chi connectivity index (χ0n) is 18.8. The maximum absolute atomic E-state index is 13.5. The molecule has 0 bridgehead atoms. The van der Waals surface area contributed by atoms with Gasteiger partial charge in [0.25, 0.3) is 5.92 Å². The van der Waals surface area contributed by atoms with E-state index in [0.717, 1.165) is 34.5 Å². The van der Waals surface area contributed by atoms with E-state index in [1.54, 1.807) is 21.8 Å². The van der Waals surface area contributed by atoms with Crippen molar-refractivity contribution in [3.8, 4) is 17.1 Å². The topological polar surface area (TPSA) is 63.0 Å². The Bertz CT molecular complexity index is 1190. The molecule has 2 aliphatic heterocycles. The van der Waals surface area contributed by atoms with Crippen molar-refractivity contribution in [1.82, 2.24) is 25.0 Å². The molecule has 0 amide bonds. The highest BCUT2D eigenvalue weighted by Crippen LogP contribution is 2.54. The summed E-state index contributed by atoms with van der Waals surface area (Å²) in [6, 6.07) is 8.02. The Morgan fingerprint density at radius 2 is 1.62 bits per heavy atom. The quantitative estimate of drug-likeness (QED) is 0.468. The summed E-state index contributed by atoms with van der Waals surface area (Å²) >= 11 is 3.63. The van der Waals surface area contributed by atoms with Crippen LogP contribution in [0.15, 0.2) is 41.1 Å². The first-order chi connectivity index (χ1) is 16.4. The van der Waals surface area contributed by atoms with Crippen molar-refractivity contribution in [1.29, 1.82) is 0 Å². The largest absolute Gasteiger partial charge is 0.371 e. The van der Waals surface area contributed by atoms with Crippen molar-refractivity contribution in [2.75, 3.05) is 36.0 Å². The van der Waals surface area contributed by atoms with Crippen LogP contribution in [0.3, 0.4) is 0 Å². The van der Waals surface area contributed by atoms with Crippen LogP contribution in [0.25, 0.3) is 17.1 Å². The summed E-state index contributed by atoms with van der Waals surface area (Å²) in [7, 11) is 0. The van der Waals surface area contributed by atoms with Crippen molar-refractivity contribution < 1.29 is 8.78 Å². The van der Waals surface area contributed by atoms with Crippen LogP contribution in [0.5, 0.6) is 0 Å².